The van der Waals surface area contributed by atoms with E-state index in [2.05, 4.69) is 20.6 Å². The summed E-state index contributed by atoms with van der Waals surface area (Å²) in [7, 11) is 1.58. The van der Waals surface area contributed by atoms with E-state index in [1.54, 1.807) is 11.6 Å². The van der Waals surface area contributed by atoms with Crippen molar-refractivity contribution in [3.8, 4) is 16.3 Å². The second-order valence-corrected chi connectivity index (χ2v) is 7.15. The standard InChI is InChI=1S/C20H19N5O2S/c1-3-17-22-23-20-25(17)24-19(28-20)14-9-10-16(27-2)15(12-14)21-18(26)11-13-7-5-4-6-8-13/h4-10,12H,3,11H2,1-2H3,(H,21,26). The fourth-order valence-corrected chi connectivity index (χ4v) is 3.76. The molecule has 2 heterocycles. The van der Waals surface area contributed by atoms with Gasteiger partial charge in [-0.2, -0.15) is 9.61 Å². The number of ether oxygens (including phenoxy) is 1. The van der Waals surface area contributed by atoms with Gasteiger partial charge in [-0.3, -0.25) is 4.79 Å². The summed E-state index contributed by atoms with van der Waals surface area (Å²) in [6, 6.07) is 15.2. The molecule has 1 amide bonds. The van der Waals surface area contributed by atoms with Crippen molar-refractivity contribution in [1.82, 2.24) is 19.8 Å². The van der Waals surface area contributed by atoms with Crippen molar-refractivity contribution in [2.24, 2.45) is 0 Å². The van der Waals surface area contributed by atoms with Gasteiger partial charge in [0.1, 0.15) is 10.8 Å². The van der Waals surface area contributed by atoms with Crippen LogP contribution in [0.5, 0.6) is 5.75 Å². The third-order valence-corrected chi connectivity index (χ3v) is 5.25. The van der Waals surface area contributed by atoms with Crippen LogP contribution in [0.4, 0.5) is 5.69 Å². The van der Waals surface area contributed by atoms with Crippen LogP contribution in [0, 0.1) is 0 Å². The molecule has 0 saturated carbocycles. The van der Waals surface area contributed by atoms with Gasteiger partial charge in [0.25, 0.3) is 0 Å². The van der Waals surface area contributed by atoms with Gasteiger partial charge >= 0.3 is 0 Å². The van der Waals surface area contributed by atoms with E-state index in [0.717, 1.165) is 33.3 Å². The minimum absolute atomic E-state index is 0.104. The number of carbonyl (C=O) groups is 1. The molecule has 28 heavy (non-hydrogen) atoms. The molecule has 0 saturated heterocycles. The lowest BCUT2D eigenvalue weighted by molar-refractivity contribution is -0.115. The summed E-state index contributed by atoms with van der Waals surface area (Å²) in [6.07, 6.45) is 1.05. The number of methoxy groups -OCH3 is 1. The molecule has 142 valence electrons. The number of nitrogens with one attached hydrogen (secondary N) is 1. The van der Waals surface area contributed by atoms with E-state index in [1.807, 2.05) is 55.5 Å². The first-order chi connectivity index (χ1) is 13.7. The topological polar surface area (TPSA) is 81.4 Å². The quantitative estimate of drug-likeness (QED) is 0.541. The van der Waals surface area contributed by atoms with Gasteiger partial charge in [0.15, 0.2) is 5.82 Å². The first-order valence-electron chi connectivity index (χ1n) is 8.91. The molecule has 4 rings (SSSR count). The van der Waals surface area contributed by atoms with Gasteiger partial charge in [0, 0.05) is 12.0 Å². The van der Waals surface area contributed by atoms with Crippen LogP contribution in [0.2, 0.25) is 0 Å². The average molecular weight is 393 g/mol. The Bertz CT molecular complexity index is 1120. The molecule has 0 atom stereocenters. The fourth-order valence-electron chi connectivity index (χ4n) is 2.91. The Hall–Kier alpha value is -3.26. The van der Waals surface area contributed by atoms with E-state index < -0.39 is 0 Å². The lowest BCUT2D eigenvalue weighted by atomic mass is 10.1. The predicted octanol–water partition coefficient (Wildman–Crippen LogP) is 3.61. The zero-order valence-corrected chi connectivity index (χ0v) is 16.4. The normalized spacial score (nSPS) is 10.9. The van der Waals surface area contributed by atoms with Crippen molar-refractivity contribution in [2.75, 3.05) is 12.4 Å². The molecule has 0 bridgehead atoms. The van der Waals surface area contributed by atoms with Gasteiger partial charge in [-0.15, -0.1) is 10.2 Å². The van der Waals surface area contributed by atoms with Gasteiger partial charge in [0.05, 0.1) is 19.2 Å². The maximum absolute atomic E-state index is 12.5. The monoisotopic (exact) mass is 393 g/mol. The zero-order chi connectivity index (χ0) is 19.5. The molecule has 8 heteroatoms. The maximum atomic E-state index is 12.5. The van der Waals surface area contributed by atoms with Crippen molar-refractivity contribution >= 4 is 27.9 Å². The summed E-state index contributed by atoms with van der Waals surface area (Å²) in [5.74, 6) is 1.32. The lowest BCUT2D eigenvalue weighted by Gasteiger charge is -2.11. The fraction of sp³-hybridized carbons (Fsp3) is 0.200. The largest absolute Gasteiger partial charge is 0.495 e. The number of aromatic nitrogens is 4. The number of anilines is 1. The number of aryl methyl sites for hydroxylation is 1. The summed E-state index contributed by atoms with van der Waals surface area (Å²) < 4.78 is 7.17. The van der Waals surface area contributed by atoms with Crippen LogP contribution in [0.3, 0.4) is 0 Å². The van der Waals surface area contributed by atoms with Gasteiger partial charge in [-0.1, -0.05) is 48.6 Å². The number of carbonyl (C=O) groups excluding carboxylic acids is 1. The van der Waals surface area contributed by atoms with E-state index in [1.165, 1.54) is 11.3 Å². The molecular formula is C20H19N5O2S. The summed E-state index contributed by atoms with van der Waals surface area (Å²) in [5, 5.41) is 16.6. The Morgan fingerprint density at radius 1 is 1.18 bits per heavy atom. The average Bonchev–Trinajstić information content (AvgIpc) is 3.29. The second-order valence-electron chi connectivity index (χ2n) is 6.20. The van der Waals surface area contributed by atoms with Crippen LogP contribution in [0.15, 0.2) is 48.5 Å². The highest BCUT2D eigenvalue weighted by molar-refractivity contribution is 7.19. The van der Waals surface area contributed by atoms with Crippen LogP contribution < -0.4 is 10.1 Å². The van der Waals surface area contributed by atoms with Crippen LogP contribution in [0.25, 0.3) is 15.5 Å². The number of nitrogens with zero attached hydrogens (tertiary/aromatic N) is 4. The summed E-state index contributed by atoms with van der Waals surface area (Å²) in [6.45, 7) is 2.02. The van der Waals surface area contributed by atoms with Crippen LogP contribution in [0.1, 0.15) is 18.3 Å². The first-order valence-corrected chi connectivity index (χ1v) is 9.73. The number of fused-ring (bicyclic) bond motifs is 1. The number of hydrogen-bond acceptors (Lipinski definition) is 6. The summed E-state index contributed by atoms with van der Waals surface area (Å²) in [5.41, 5.74) is 2.45. The van der Waals surface area contributed by atoms with E-state index in [0.29, 0.717) is 17.9 Å². The van der Waals surface area contributed by atoms with Crippen molar-refractivity contribution in [1.29, 1.82) is 0 Å². The Morgan fingerprint density at radius 2 is 2.00 bits per heavy atom. The number of amides is 1. The molecule has 0 aliphatic heterocycles. The second kappa shape index (κ2) is 7.77. The van der Waals surface area contributed by atoms with Gasteiger partial charge in [-0.05, 0) is 23.8 Å². The van der Waals surface area contributed by atoms with Gasteiger partial charge < -0.3 is 10.1 Å². The van der Waals surface area contributed by atoms with Crippen LogP contribution in [-0.4, -0.2) is 32.8 Å². The van der Waals surface area contributed by atoms with E-state index in [9.17, 15) is 4.79 Å². The predicted molar refractivity (Wildman–Crippen MR) is 109 cm³/mol. The molecule has 0 unspecified atom stereocenters. The van der Waals surface area contributed by atoms with Crippen molar-refractivity contribution < 1.29 is 9.53 Å². The Labute approximate surface area is 166 Å². The highest BCUT2D eigenvalue weighted by atomic mass is 32.1. The molecule has 0 aliphatic carbocycles. The molecule has 7 nitrogen and oxygen atoms in total. The van der Waals surface area contributed by atoms with Crippen molar-refractivity contribution in [3.63, 3.8) is 0 Å². The Kier molecular flexibility index (Phi) is 5.03. The first kappa shape index (κ1) is 18.1. The zero-order valence-electron chi connectivity index (χ0n) is 15.5. The molecule has 4 aromatic rings. The molecular weight excluding hydrogens is 374 g/mol. The van der Waals surface area contributed by atoms with Crippen molar-refractivity contribution in [2.45, 2.75) is 19.8 Å². The number of hydrogen-bond donors (Lipinski definition) is 1. The number of benzene rings is 2. The summed E-state index contributed by atoms with van der Waals surface area (Å²) in [4.78, 5) is 13.2. The lowest BCUT2D eigenvalue weighted by Crippen LogP contribution is -2.15. The minimum atomic E-state index is -0.104. The maximum Gasteiger partial charge on any atom is 0.234 e. The highest BCUT2D eigenvalue weighted by Crippen LogP contribution is 2.33. The van der Waals surface area contributed by atoms with Crippen LogP contribution in [-0.2, 0) is 17.6 Å². The molecule has 0 radical (unpaired) electrons. The highest BCUT2D eigenvalue weighted by Gasteiger charge is 2.15. The van der Waals surface area contributed by atoms with Gasteiger partial charge in [-0.25, -0.2) is 0 Å². The van der Waals surface area contributed by atoms with E-state index in [4.69, 9.17) is 4.74 Å². The van der Waals surface area contributed by atoms with Crippen LogP contribution >= 0.6 is 11.3 Å². The third-order valence-electron chi connectivity index (χ3n) is 4.30. The van der Waals surface area contributed by atoms with E-state index in [-0.39, 0.29) is 5.91 Å². The van der Waals surface area contributed by atoms with Crippen molar-refractivity contribution in [3.05, 3.63) is 59.9 Å². The van der Waals surface area contributed by atoms with E-state index >= 15 is 0 Å². The third kappa shape index (κ3) is 3.59. The number of rotatable bonds is 6. The smallest absolute Gasteiger partial charge is 0.234 e. The molecule has 0 aliphatic rings. The molecule has 0 spiro atoms. The summed E-state index contributed by atoms with van der Waals surface area (Å²) >= 11 is 1.45. The SMILES string of the molecule is CCc1nnc2sc(-c3ccc(OC)c(NC(=O)Cc4ccccc4)c3)nn12. The molecule has 0 fully saturated rings. The molecule has 1 N–H and O–H groups in total. The Balaban J connectivity index is 1.61. The van der Waals surface area contributed by atoms with Gasteiger partial charge in [0.2, 0.25) is 10.9 Å². The molecule has 2 aromatic carbocycles. The Morgan fingerprint density at radius 3 is 2.75 bits per heavy atom. The minimum Gasteiger partial charge on any atom is -0.495 e. The molecule has 2 aromatic heterocycles.